The van der Waals surface area contributed by atoms with Crippen molar-refractivity contribution in [3.63, 3.8) is 0 Å². The molecular formula is C19H24ClN5O2. The first-order valence-corrected chi connectivity index (χ1v) is 9.42. The molecule has 0 unspecified atom stereocenters. The van der Waals surface area contributed by atoms with E-state index in [0.29, 0.717) is 42.5 Å². The number of hydrogen-bond donors (Lipinski definition) is 1. The van der Waals surface area contributed by atoms with Crippen molar-refractivity contribution in [2.24, 2.45) is 0 Å². The van der Waals surface area contributed by atoms with E-state index >= 15 is 0 Å². The Morgan fingerprint density at radius 1 is 1.19 bits per heavy atom. The Labute approximate surface area is 163 Å². The van der Waals surface area contributed by atoms with Crippen LogP contribution < -0.4 is 5.32 Å². The summed E-state index contributed by atoms with van der Waals surface area (Å²) in [5.74, 6) is -0.122. The molecule has 2 amide bonds. The highest BCUT2D eigenvalue weighted by Gasteiger charge is 2.24. The van der Waals surface area contributed by atoms with Crippen molar-refractivity contribution in [3.05, 3.63) is 47.2 Å². The molecule has 1 saturated heterocycles. The van der Waals surface area contributed by atoms with Gasteiger partial charge in [-0.05, 0) is 26.0 Å². The van der Waals surface area contributed by atoms with Crippen LogP contribution in [-0.4, -0.2) is 64.1 Å². The number of anilines is 1. The van der Waals surface area contributed by atoms with Crippen molar-refractivity contribution in [1.82, 2.24) is 19.6 Å². The number of hydrogen-bond acceptors (Lipinski definition) is 4. The first-order chi connectivity index (χ1) is 12.9. The number of rotatable bonds is 5. The summed E-state index contributed by atoms with van der Waals surface area (Å²) in [5.41, 5.74) is 1.22. The van der Waals surface area contributed by atoms with E-state index in [9.17, 15) is 9.59 Å². The van der Waals surface area contributed by atoms with E-state index in [-0.39, 0.29) is 24.4 Å². The van der Waals surface area contributed by atoms with E-state index in [1.54, 1.807) is 29.2 Å². The zero-order chi connectivity index (χ0) is 19.4. The topological polar surface area (TPSA) is 70.5 Å². The van der Waals surface area contributed by atoms with Gasteiger partial charge in [0.25, 0.3) is 5.91 Å². The summed E-state index contributed by atoms with van der Waals surface area (Å²) >= 11 is 6.07. The summed E-state index contributed by atoms with van der Waals surface area (Å²) in [5, 5.41) is 7.57. The summed E-state index contributed by atoms with van der Waals surface area (Å²) in [4.78, 5) is 28.7. The quantitative estimate of drug-likeness (QED) is 0.853. The van der Waals surface area contributed by atoms with Crippen LogP contribution in [0.25, 0.3) is 0 Å². The fourth-order valence-corrected chi connectivity index (χ4v) is 3.16. The third kappa shape index (κ3) is 4.87. The number of carbonyl (C=O) groups excluding carboxylic acids is 2. The van der Waals surface area contributed by atoms with Gasteiger partial charge in [-0.2, -0.15) is 5.10 Å². The molecule has 1 aromatic carbocycles. The fourth-order valence-electron chi connectivity index (χ4n) is 2.98. The lowest BCUT2D eigenvalue weighted by molar-refractivity contribution is -0.117. The first-order valence-electron chi connectivity index (χ1n) is 9.04. The van der Waals surface area contributed by atoms with Gasteiger partial charge in [0.05, 0.1) is 29.0 Å². The average Bonchev–Trinajstić information content (AvgIpc) is 3.14. The van der Waals surface area contributed by atoms with Crippen molar-refractivity contribution in [2.45, 2.75) is 19.9 Å². The minimum absolute atomic E-state index is 0.0120. The summed E-state index contributed by atoms with van der Waals surface area (Å²) in [6.07, 6.45) is 3.40. The number of para-hydroxylation sites is 1. The molecular weight excluding hydrogens is 366 g/mol. The highest BCUT2D eigenvalue weighted by atomic mass is 35.5. The van der Waals surface area contributed by atoms with Gasteiger partial charge in [-0.1, -0.05) is 23.7 Å². The Morgan fingerprint density at radius 2 is 1.89 bits per heavy atom. The van der Waals surface area contributed by atoms with Crippen molar-refractivity contribution in [2.75, 3.05) is 38.0 Å². The Hall–Kier alpha value is -2.38. The van der Waals surface area contributed by atoms with Crippen LogP contribution in [0, 0.1) is 0 Å². The molecule has 2 heterocycles. The number of carbonyl (C=O) groups is 2. The highest BCUT2D eigenvalue weighted by Crippen LogP contribution is 2.20. The molecule has 0 saturated carbocycles. The van der Waals surface area contributed by atoms with Gasteiger partial charge in [-0.25, -0.2) is 0 Å². The molecule has 27 heavy (non-hydrogen) atoms. The largest absolute Gasteiger partial charge is 0.336 e. The molecule has 1 aliphatic rings. The monoisotopic (exact) mass is 389 g/mol. The molecule has 1 aromatic heterocycles. The lowest BCUT2D eigenvalue weighted by Crippen LogP contribution is -2.50. The standard InChI is InChI=1S/C19H24ClN5O2/c1-14(2)25-12-15(11-21-25)19(27)24-9-7-23(8-10-24)13-18(26)22-17-6-4-3-5-16(17)20/h3-6,11-12,14H,7-10,13H2,1-2H3,(H,22,26). The maximum absolute atomic E-state index is 12.6. The predicted octanol–water partition coefficient (Wildman–Crippen LogP) is 2.51. The normalized spacial score (nSPS) is 15.2. The molecule has 3 rings (SSSR count). The van der Waals surface area contributed by atoms with Crippen LogP contribution in [0.3, 0.4) is 0 Å². The van der Waals surface area contributed by atoms with Gasteiger partial charge in [0.15, 0.2) is 0 Å². The van der Waals surface area contributed by atoms with Crippen molar-refractivity contribution in [3.8, 4) is 0 Å². The van der Waals surface area contributed by atoms with E-state index < -0.39 is 0 Å². The maximum atomic E-state index is 12.6. The Morgan fingerprint density at radius 3 is 2.52 bits per heavy atom. The minimum Gasteiger partial charge on any atom is -0.336 e. The van der Waals surface area contributed by atoms with Gasteiger partial charge in [0.2, 0.25) is 5.91 Å². The molecule has 144 valence electrons. The Kier molecular flexibility index (Phi) is 6.13. The second-order valence-electron chi connectivity index (χ2n) is 6.90. The molecule has 0 atom stereocenters. The summed E-state index contributed by atoms with van der Waals surface area (Å²) < 4.78 is 1.78. The van der Waals surface area contributed by atoms with Crippen LogP contribution in [0.15, 0.2) is 36.7 Å². The molecule has 7 nitrogen and oxygen atoms in total. The molecule has 0 radical (unpaired) electrons. The van der Waals surface area contributed by atoms with E-state index in [1.165, 1.54) is 0 Å². The van der Waals surface area contributed by atoms with Crippen LogP contribution in [0.4, 0.5) is 5.69 Å². The molecule has 2 aromatic rings. The number of piperazine rings is 1. The fraction of sp³-hybridized carbons (Fsp3) is 0.421. The lowest BCUT2D eigenvalue weighted by atomic mass is 10.2. The van der Waals surface area contributed by atoms with Crippen LogP contribution in [0.5, 0.6) is 0 Å². The zero-order valence-electron chi connectivity index (χ0n) is 15.6. The van der Waals surface area contributed by atoms with Crippen LogP contribution in [0.1, 0.15) is 30.2 Å². The van der Waals surface area contributed by atoms with Gasteiger partial charge in [-0.15, -0.1) is 0 Å². The number of benzene rings is 1. The van der Waals surface area contributed by atoms with Crippen LogP contribution in [-0.2, 0) is 4.79 Å². The number of nitrogens with one attached hydrogen (secondary N) is 1. The third-order valence-electron chi connectivity index (χ3n) is 4.55. The van der Waals surface area contributed by atoms with E-state index in [0.717, 1.165) is 0 Å². The third-order valence-corrected chi connectivity index (χ3v) is 4.88. The Bertz CT molecular complexity index is 812. The maximum Gasteiger partial charge on any atom is 0.257 e. The van der Waals surface area contributed by atoms with E-state index in [2.05, 4.69) is 10.4 Å². The van der Waals surface area contributed by atoms with Gasteiger partial charge >= 0.3 is 0 Å². The number of amides is 2. The molecule has 8 heteroatoms. The number of aromatic nitrogens is 2. The van der Waals surface area contributed by atoms with Crippen molar-refractivity contribution in [1.29, 1.82) is 0 Å². The van der Waals surface area contributed by atoms with Gasteiger partial charge in [-0.3, -0.25) is 19.2 Å². The zero-order valence-corrected chi connectivity index (χ0v) is 16.3. The molecule has 1 aliphatic heterocycles. The number of nitrogens with zero attached hydrogens (tertiary/aromatic N) is 4. The Balaban J connectivity index is 1.49. The van der Waals surface area contributed by atoms with E-state index in [4.69, 9.17) is 11.6 Å². The number of halogens is 1. The van der Waals surface area contributed by atoms with E-state index in [1.807, 2.05) is 35.8 Å². The summed E-state index contributed by atoms with van der Waals surface area (Å²) in [6.45, 7) is 6.80. The molecule has 0 aliphatic carbocycles. The lowest BCUT2D eigenvalue weighted by Gasteiger charge is -2.34. The van der Waals surface area contributed by atoms with Crippen molar-refractivity contribution < 1.29 is 9.59 Å². The highest BCUT2D eigenvalue weighted by molar-refractivity contribution is 6.33. The van der Waals surface area contributed by atoms with Gasteiger partial charge < -0.3 is 10.2 Å². The van der Waals surface area contributed by atoms with Crippen LogP contribution >= 0.6 is 11.6 Å². The second kappa shape index (κ2) is 8.54. The summed E-state index contributed by atoms with van der Waals surface area (Å²) in [7, 11) is 0. The first kappa shape index (κ1) is 19.4. The molecule has 1 N–H and O–H groups in total. The molecule has 0 bridgehead atoms. The molecule has 1 fully saturated rings. The smallest absolute Gasteiger partial charge is 0.257 e. The van der Waals surface area contributed by atoms with Gasteiger partial charge in [0, 0.05) is 38.4 Å². The molecule has 0 spiro atoms. The van der Waals surface area contributed by atoms with Crippen LogP contribution in [0.2, 0.25) is 5.02 Å². The van der Waals surface area contributed by atoms with Gasteiger partial charge in [0.1, 0.15) is 0 Å². The second-order valence-corrected chi connectivity index (χ2v) is 7.31. The summed E-state index contributed by atoms with van der Waals surface area (Å²) in [6, 6.07) is 7.38. The average molecular weight is 390 g/mol. The minimum atomic E-state index is -0.110. The van der Waals surface area contributed by atoms with Crippen molar-refractivity contribution >= 4 is 29.1 Å². The predicted molar refractivity (Wildman–Crippen MR) is 105 cm³/mol. The SMILES string of the molecule is CC(C)n1cc(C(=O)N2CCN(CC(=O)Nc3ccccc3Cl)CC2)cn1.